The molecule has 0 unspecified atom stereocenters. The molecule has 28 heavy (non-hydrogen) atoms. The monoisotopic (exact) mass is 499 g/mol. The molecule has 0 spiro atoms. The van der Waals surface area contributed by atoms with Crippen LogP contribution in [0.3, 0.4) is 0 Å². The van der Waals surface area contributed by atoms with Crippen LogP contribution >= 0.6 is 0 Å². The molecular weight excluding hydrogens is 461 g/mol. The Labute approximate surface area is 178 Å². The van der Waals surface area contributed by atoms with Gasteiger partial charge in [-0.05, 0) is 0 Å². The van der Waals surface area contributed by atoms with Gasteiger partial charge in [0.2, 0.25) is 0 Å². The average molecular weight is 498 g/mol. The predicted octanol–water partition coefficient (Wildman–Crippen LogP) is 6.86. The van der Waals surface area contributed by atoms with Gasteiger partial charge in [-0.2, -0.15) is 0 Å². The fraction of sp³-hybridized carbons (Fsp3) is 0.480. The van der Waals surface area contributed by atoms with Gasteiger partial charge in [0.15, 0.2) is 0 Å². The summed E-state index contributed by atoms with van der Waals surface area (Å²) in [5.74, 6) is 3.55. The molecule has 0 aliphatic carbocycles. The van der Waals surface area contributed by atoms with Crippen molar-refractivity contribution < 1.29 is 0 Å². The van der Waals surface area contributed by atoms with Gasteiger partial charge in [0, 0.05) is 0 Å². The summed E-state index contributed by atoms with van der Waals surface area (Å²) in [6, 6.07) is 15.2. The van der Waals surface area contributed by atoms with E-state index in [0.717, 1.165) is 11.3 Å². The molecule has 0 saturated heterocycles. The van der Waals surface area contributed by atoms with Crippen LogP contribution in [0.25, 0.3) is 11.3 Å². The van der Waals surface area contributed by atoms with Crippen LogP contribution in [0.1, 0.15) is 47.1 Å². The van der Waals surface area contributed by atoms with E-state index in [4.69, 9.17) is 4.98 Å². The second-order valence-corrected chi connectivity index (χ2v) is 29.8. The first-order valence-electron chi connectivity index (χ1n) is 10.6. The van der Waals surface area contributed by atoms with Crippen LogP contribution in [-0.2, 0) is 0 Å². The summed E-state index contributed by atoms with van der Waals surface area (Å²) < 4.78 is 1.33. The summed E-state index contributed by atoms with van der Waals surface area (Å²) in [6.07, 6.45) is 0. The number of hydrogen-bond acceptors (Lipinski definition) is 1. The molecule has 0 saturated carbocycles. The first-order valence-corrected chi connectivity index (χ1v) is 22.8. The van der Waals surface area contributed by atoms with Gasteiger partial charge in [-0.15, -0.1) is 0 Å². The van der Waals surface area contributed by atoms with Gasteiger partial charge >= 0.3 is 179 Å². The molecule has 1 aromatic carbocycles. The average Bonchev–Trinajstić information content (AvgIpc) is 2.61. The van der Waals surface area contributed by atoms with Crippen molar-refractivity contribution in [1.29, 1.82) is 0 Å². The van der Waals surface area contributed by atoms with E-state index in [2.05, 4.69) is 110 Å². The molecule has 0 fully saturated rings. The zero-order chi connectivity index (χ0) is 21.1. The topological polar surface area (TPSA) is 12.9 Å². The summed E-state index contributed by atoms with van der Waals surface area (Å²) in [6.45, 7) is 14.2. The standard InChI is InChI=1S/C22H28NSi.3CH3.Sn/c1-17(2)24(18(3)4,19(5)6)16-14-20-10-12-21(13-11-20)22-9-7-8-15-23-22;;;;/h7-13,17-19H,1-6H3;3*1H3;. The molecule has 0 N–H and O–H groups in total. The van der Waals surface area contributed by atoms with Crippen LogP contribution in [0.4, 0.5) is 0 Å². The Morgan fingerprint density at radius 2 is 1.32 bits per heavy atom. The van der Waals surface area contributed by atoms with Crippen molar-refractivity contribution in [3.8, 4) is 22.7 Å². The van der Waals surface area contributed by atoms with Crippen LogP contribution in [0.2, 0.25) is 31.4 Å². The van der Waals surface area contributed by atoms with Gasteiger partial charge < -0.3 is 0 Å². The van der Waals surface area contributed by atoms with Crippen molar-refractivity contribution in [3.05, 3.63) is 48.0 Å². The molecule has 3 heteroatoms. The summed E-state index contributed by atoms with van der Waals surface area (Å²) in [7, 11) is -1.68. The summed E-state index contributed by atoms with van der Waals surface area (Å²) in [4.78, 5) is 12.2. The molecular formula is C25H37NSiSn. The van der Waals surface area contributed by atoms with Crippen molar-refractivity contribution >= 4 is 30.2 Å². The Morgan fingerprint density at radius 3 is 1.79 bits per heavy atom. The Hall–Kier alpha value is -1.05. The number of hydrogen-bond donors (Lipinski definition) is 0. The number of rotatable bonds is 5. The third kappa shape index (κ3) is 5.10. The number of aromatic nitrogens is 1. The summed E-state index contributed by atoms with van der Waals surface area (Å²) >= 11 is -2.15. The van der Waals surface area contributed by atoms with Gasteiger partial charge in [-0.25, -0.2) is 0 Å². The second-order valence-electron chi connectivity index (χ2n) is 9.88. The van der Waals surface area contributed by atoms with E-state index >= 15 is 0 Å². The molecule has 0 aliphatic rings. The van der Waals surface area contributed by atoms with Gasteiger partial charge in [-0.1, -0.05) is 0 Å². The van der Waals surface area contributed by atoms with Gasteiger partial charge in [0.05, 0.1) is 0 Å². The molecule has 2 aromatic rings. The Kier molecular flexibility index (Phi) is 7.61. The van der Waals surface area contributed by atoms with Gasteiger partial charge in [0.1, 0.15) is 0 Å². The van der Waals surface area contributed by atoms with E-state index in [1.165, 1.54) is 9.27 Å². The molecule has 0 amide bonds. The minimum absolute atomic E-state index is 0.662. The van der Waals surface area contributed by atoms with Crippen LogP contribution in [0, 0.1) is 11.5 Å². The van der Waals surface area contributed by atoms with Crippen LogP contribution in [0.5, 0.6) is 0 Å². The molecule has 150 valence electrons. The van der Waals surface area contributed by atoms with E-state index in [9.17, 15) is 0 Å². The van der Waals surface area contributed by atoms with Crippen LogP contribution < -0.4 is 3.71 Å². The molecule has 1 heterocycles. The third-order valence-corrected chi connectivity index (χ3v) is 17.5. The SMILES string of the molecule is CC(C)[Si](C#Cc1ccc(-c2ccc[c]([Sn]([CH3])([CH3])[CH3])n2)cc1)(C(C)C)C(C)C. The predicted molar refractivity (Wildman–Crippen MR) is 131 cm³/mol. The molecule has 1 nitrogen and oxygen atoms in total. The zero-order valence-corrected chi connectivity index (χ0v) is 23.1. The molecule has 0 radical (unpaired) electrons. The van der Waals surface area contributed by atoms with Gasteiger partial charge in [-0.3, -0.25) is 0 Å². The van der Waals surface area contributed by atoms with E-state index in [0.29, 0.717) is 16.6 Å². The molecule has 2 rings (SSSR count). The van der Waals surface area contributed by atoms with Crippen molar-refractivity contribution in [2.75, 3.05) is 0 Å². The third-order valence-electron chi connectivity index (χ3n) is 5.99. The fourth-order valence-electron chi connectivity index (χ4n) is 4.35. The van der Waals surface area contributed by atoms with E-state index < -0.39 is 26.5 Å². The molecule has 0 aliphatic heterocycles. The van der Waals surface area contributed by atoms with Crippen molar-refractivity contribution in [2.24, 2.45) is 0 Å². The van der Waals surface area contributed by atoms with E-state index in [1.54, 1.807) is 0 Å². The first kappa shape index (κ1) is 23.2. The number of benzene rings is 1. The van der Waals surface area contributed by atoms with Crippen LogP contribution in [0.15, 0.2) is 42.5 Å². The minimum atomic E-state index is -2.15. The molecule has 1 aromatic heterocycles. The van der Waals surface area contributed by atoms with Crippen molar-refractivity contribution in [1.82, 2.24) is 4.98 Å². The Balaban J connectivity index is 2.35. The Morgan fingerprint density at radius 1 is 0.786 bits per heavy atom. The quantitative estimate of drug-likeness (QED) is 0.324. The first-order chi connectivity index (χ1) is 13.0. The van der Waals surface area contributed by atoms with E-state index in [1.807, 2.05) is 0 Å². The fourth-order valence-corrected chi connectivity index (χ4v) is 12.6. The normalized spacial score (nSPS) is 12.4. The maximum absolute atomic E-state index is 4.96. The molecule has 0 atom stereocenters. The summed E-state index contributed by atoms with van der Waals surface area (Å²) in [5.41, 5.74) is 9.19. The Bertz CT molecular complexity index is 827. The van der Waals surface area contributed by atoms with Crippen molar-refractivity contribution in [3.63, 3.8) is 0 Å². The zero-order valence-electron chi connectivity index (χ0n) is 19.2. The number of nitrogens with zero attached hydrogens (tertiary/aromatic N) is 1. The van der Waals surface area contributed by atoms with Crippen molar-refractivity contribution in [2.45, 2.75) is 73.0 Å². The van der Waals surface area contributed by atoms with Crippen LogP contribution in [-0.4, -0.2) is 31.4 Å². The summed E-state index contributed by atoms with van der Waals surface area (Å²) in [5, 5.41) is 0. The van der Waals surface area contributed by atoms with E-state index in [-0.39, 0.29) is 0 Å². The molecule has 0 bridgehead atoms. The number of pyridine rings is 1. The second kappa shape index (κ2) is 9.18. The van der Waals surface area contributed by atoms with Gasteiger partial charge in [0.25, 0.3) is 0 Å². The maximum atomic E-state index is 4.96.